The van der Waals surface area contributed by atoms with Crippen molar-refractivity contribution in [3.8, 4) is 11.5 Å². The molecular formula is C21H25NO7S. The molecule has 0 fully saturated rings. The van der Waals surface area contributed by atoms with Gasteiger partial charge in [-0.05, 0) is 35.4 Å². The molecule has 0 aliphatic heterocycles. The van der Waals surface area contributed by atoms with Gasteiger partial charge in [-0.25, -0.2) is 8.42 Å². The molecule has 0 aromatic heterocycles. The second-order valence-electron chi connectivity index (χ2n) is 6.73. The van der Waals surface area contributed by atoms with E-state index >= 15 is 0 Å². The van der Waals surface area contributed by atoms with Crippen molar-refractivity contribution >= 4 is 21.7 Å². The second kappa shape index (κ2) is 10.1. The lowest BCUT2D eigenvalue weighted by Gasteiger charge is -2.22. The molecule has 0 bridgehead atoms. The summed E-state index contributed by atoms with van der Waals surface area (Å²) in [6, 6.07) is 11.5. The van der Waals surface area contributed by atoms with Crippen molar-refractivity contribution in [3.05, 3.63) is 59.2 Å². The number of rotatable bonds is 9. The summed E-state index contributed by atoms with van der Waals surface area (Å²) in [7, 11) is 1.02. The van der Waals surface area contributed by atoms with Crippen molar-refractivity contribution in [2.45, 2.75) is 12.3 Å². The molecule has 0 radical (unpaired) electrons. The summed E-state index contributed by atoms with van der Waals surface area (Å²) in [6.07, 6.45) is 1.13. The average molecular weight is 435 g/mol. The van der Waals surface area contributed by atoms with Crippen LogP contribution in [0.15, 0.2) is 42.5 Å². The van der Waals surface area contributed by atoms with Crippen LogP contribution in [0.25, 0.3) is 0 Å². The van der Waals surface area contributed by atoms with Crippen molar-refractivity contribution in [2.75, 3.05) is 34.1 Å². The fourth-order valence-electron chi connectivity index (χ4n) is 2.88. The van der Waals surface area contributed by atoms with Crippen LogP contribution in [-0.2, 0) is 31.7 Å². The van der Waals surface area contributed by atoms with Crippen molar-refractivity contribution in [2.24, 2.45) is 0 Å². The molecule has 0 atom stereocenters. The molecule has 0 aliphatic carbocycles. The van der Waals surface area contributed by atoms with E-state index in [1.165, 1.54) is 32.3 Å². The predicted octanol–water partition coefficient (Wildman–Crippen LogP) is 2.06. The van der Waals surface area contributed by atoms with Gasteiger partial charge in [0.2, 0.25) is 0 Å². The number of hydrogen-bond donors (Lipinski definition) is 0. The lowest BCUT2D eigenvalue weighted by molar-refractivity contribution is -0.141. The number of carbonyl (C=O) groups excluding carboxylic acids is 2. The molecule has 8 nitrogen and oxygen atoms in total. The molecule has 0 saturated carbocycles. The highest BCUT2D eigenvalue weighted by molar-refractivity contribution is 7.89. The smallest absolute Gasteiger partial charge is 0.325 e. The molecule has 2 aromatic carbocycles. The van der Waals surface area contributed by atoms with Crippen LogP contribution in [0.1, 0.15) is 21.5 Å². The third-order valence-electron chi connectivity index (χ3n) is 4.22. The van der Waals surface area contributed by atoms with Crippen LogP contribution in [0.4, 0.5) is 0 Å². The zero-order chi connectivity index (χ0) is 22.3. The first kappa shape index (κ1) is 23.2. The van der Waals surface area contributed by atoms with Gasteiger partial charge in [0.15, 0.2) is 9.84 Å². The molecule has 0 heterocycles. The van der Waals surface area contributed by atoms with E-state index in [4.69, 9.17) is 14.2 Å². The number of ether oxygens (including phenoxy) is 3. The quantitative estimate of drug-likeness (QED) is 0.556. The topological polar surface area (TPSA) is 99.2 Å². The van der Waals surface area contributed by atoms with Crippen molar-refractivity contribution in [3.63, 3.8) is 0 Å². The predicted molar refractivity (Wildman–Crippen MR) is 111 cm³/mol. The van der Waals surface area contributed by atoms with Crippen LogP contribution in [-0.4, -0.2) is 59.3 Å². The summed E-state index contributed by atoms with van der Waals surface area (Å²) in [5.41, 5.74) is 1.45. The minimum absolute atomic E-state index is 0.0950. The van der Waals surface area contributed by atoms with E-state index < -0.39 is 21.7 Å². The summed E-state index contributed by atoms with van der Waals surface area (Å²) >= 11 is 0. The SMILES string of the molecule is COC(=O)CN(Cc1cc(OC)cc(OC)c1)C(=O)c1cccc(CS(C)(=O)=O)c1. The normalized spacial score (nSPS) is 10.9. The Balaban J connectivity index is 2.36. The molecule has 0 unspecified atom stereocenters. The first-order valence-electron chi connectivity index (χ1n) is 9.00. The first-order valence-corrected chi connectivity index (χ1v) is 11.1. The molecular weight excluding hydrogens is 410 g/mol. The van der Waals surface area contributed by atoms with E-state index in [-0.39, 0.29) is 24.4 Å². The first-order chi connectivity index (χ1) is 14.1. The summed E-state index contributed by atoms with van der Waals surface area (Å²) in [4.78, 5) is 26.4. The number of amides is 1. The summed E-state index contributed by atoms with van der Waals surface area (Å²) in [5.74, 6) is -0.101. The number of esters is 1. The van der Waals surface area contributed by atoms with E-state index in [0.717, 1.165) is 6.26 Å². The van der Waals surface area contributed by atoms with Crippen molar-refractivity contribution < 1.29 is 32.2 Å². The van der Waals surface area contributed by atoms with Gasteiger partial charge in [-0.1, -0.05) is 12.1 Å². The number of carbonyl (C=O) groups is 2. The summed E-state index contributed by atoms with van der Waals surface area (Å²) in [5, 5.41) is 0. The lowest BCUT2D eigenvalue weighted by Crippen LogP contribution is -2.35. The summed E-state index contributed by atoms with van der Waals surface area (Å²) < 4.78 is 38.4. The highest BCUT2D eigenvalue weighted by atomic mass is 32.2. The fraction of sp³-hybridized carbons (Fsp3) is 0.333. The fourth-order valence-corrected chi connectivity index (χ4v) is 3.66. The Kier molecular flexibility index (Phi) is 7.82. The standard InChI is InChI=1S/C21H25NO7S/c1-27-18-9-16(10-19(11-18)28-2)12-22(13-20(23)29-3)21(24)17-7-5-6-15(8-17)14-30(4,25)26/h5-11H,12-14H2,1-4H3. The molecule has 0 spiro atoms. The lowest BCUT2D eigenvalue weighted by atomic mass is 10.1. The molecule has 0 N–H and O–H groups in total. The highest BCUT2D eigenvalue weighted by Crippen LogP contribution is 2.24. The number of methoxy groups -OCH3 is 3. The maximum absolute atomic E-state index is 13.1. The van der Waals surface area contributed by atoms with Gasteiger partial charge >= 0.3 is 5.97 Å². The monoisotopic (exact) mass is 435 g/mol. The number of benzene rings is 2. The molecule has 30 heavy (non-hydrogen) atoms. The van der Waals surface area contributed by atoms with Gasteiger partial charge in [-0.2, -0.15) is 0 Å². The summed E-state index contributed by atoms with van der Waals surface area (Å²) in [6.45, 7) is -0.178. The van der Waals surface area contributed by atoms with Crippen LogP contribution >= 0.6 is 0 Å². The Hall–Kier alpha value is -3.07. The van der Waals surface area contributed by atoms with Crippen LogP contribution in [0.2, 0.25) is 0 Å². The van der Waals surface area contributed by atoms with Crippen LogP contribution in [0, 0.1) is 0 Å². The molecule has 9 heteroatoms. The van der Waals surface area contributed by atoms with Gasteiger partial charge in [0.1, 0.15) is 18.0 Å². The Morgan fingerprint density at radius 2 is 1.57 bits per heavy atom. The largest absolute Gasteiger partial charge is 0.497 e. The van der Waals surface area contributed by atoms with E-state index in [1.54, 1.807) is 36.4 Å². The van der Waals surface area contributed by atoms with Crippen LogP contribution in [0.5, 0.6) is 11.5 Å². The third-order valence-corrected chi connectivity index (χ3v) is 5.08. The number of nitrogens with zero attached hydrogens (tertiary/aromatic N) is 1. The van der Waals surface area contributed by atoms with Gasteiger partial charge < -0.3 is 19.1 Å². The van der Waals surface area contributed by atoms with Crippen molar-refractivity contribution in [1.29, 1.82) is 0 Å². The minimum Gasteiger partial charge on any atom is -0.497 e. The van der Waals surface area contributed by atoms with Crippen LogP contribution < -0.4 is 9.47 Å². The maximum Gasteiger partial charge on any atom is 0.325 e. The third kappa shape index (κ3) is 6.77. The van der Waals surface area contributed by atoms with Crippen molar-refractivity contribution in [1.82, 2.24) is 4.90 Å². The molecule has 162 valence electrons. The molecule has 0 saturated heterocycles. The molecule has 2 aromatic rings. The minimum atomic E-state index is -3.25. The Labute approximate surface area is 176 Å². The molecule has 0 aliphatic rings. The van der Waals surface area contributed by atoms with E-state index in [2.05, 4.69) is 0 Å². The van der Waals surface area contributed by atoms with E-state index in [9.17, 15) is 18.0 Å². The Morgan fingerprint density at radius 1 is 0.933 bits per heavy atom. The molecule has 2 rings (SSSR count). The molecule has 1 amide bonds. The van der Waals surface area contributed by atoms with Gasteiger partial charge in [0.05, 0.1) is 27.1 Å². The second-order valence-corrected chi connectivity index (χ2v) is 8.87. The zero-order valence-electron chi connectivity index (χ0n) is 17.4. The van der Waals surface area contributed by atoms with Crippen LogP contribution in [0.3, 0.4) is 0 Å². The number of sulfone groups is 1. The van der Waals surface area contributed by atoms with E-state index in [1.807, 2.05) is 0 Å². The Bertz CT molecular complexity index is 996. The highest BCUT2D eigenvalue weighted by Gasteiger charge is 2.21. The van der Waals surface area contributed by atoms with Gasteiger partial charge in [0.25, 0.3) is 5.91 Å². The Morgan fingerprint density at radius 3 is 2.10 bits per heavy atom. The number of hydrogen-bond acceptors (Lipinski definition) is 7. The van der Waals surface area contributed by atoms with Gasteiger partial charge in [-0.15, -0.1) is 0 Å². The van der Waals surface area contributed by atoms with Gasteiger partial charge in [-0.3, -0.25) is 9.59 Å². The van der Waals surface area contributed by atoms with E-state index in [0.29, 0.717) is 22.6 Å². The maximum atomic E-state index is 13.1. The average Bonchev–Trinajstić information content (AvgIpc) is 2.71. The van der Waals surface area contributed by atoms with Gasteiger partial charge in [0, 0.05) is 24.4 Å². The zero-order valence-corrected chi connectivity index (χ0v) is 18.2.